The monoisotopic (exact) mass is 177 g/mol. The van der Waals surface area contributed by atoms with Crippen molar-refractivity contribution in [2.45, 2.75) is 51.0 Å². The Balaban J connectivity index is 1.96. The first-order valence-corrected chi connectivity index (χ1v) is 5.59. The molecule has 72 valence electrons. The molecule has 1 nitrogen and oxygen atoms in total. The highest BCUT2D eigenvalue weighted by Crippen LogP contribution is 2.26. The summed E-state index contributed by atoms with van der Waals surface area (Å²) in [6.07, 6.45) is 14.4. The predicted molar refractivity (Wildman–Crippen MR) is 55.8 cm³/mol. The molecule has 1 aromatic heterocycles. The van der Waals surface area contributed by atoms with Crippen molar-refractivity contribution in [1.29, 1.82) is 0 Å². The van der Waals surface area contributed by atoms with Crippen LogP contribution in [0.25, 0.3) is 0 Å². The summed E-state index contributed by atoms with van der Waals surface area (Å²) in [5.41, 5.74) is 0. The number of hydrogen-bond acceptors (Lipinski definition) is 0. The van der Waals surface area contributed by atoms with Gasteiger partial charge in [0.1, 0.15) is 0 Å². The van der Waals surface area contributed by atoms with E-state index in [1.807, 2.05) is 0 Å². The summed E-state index contributed by atoms with van der Waals surface area (Å²) < 4.78 is 2.39. The lowest BCUT2D eigenvalue weighted by Crippen LogP contribution is -2.08. The second kappa shape index (κ2) is 4.50. The van der Waals surface area contributed by atoms with E-state index in [0.717, 1.165) is 6.04 Å². The minimum atomic E-state index is 0.787. The Hall–Kier alpha value is -0.720. The van der Waals surface area contributed by atoms with E-state index in [-0.39, 0.29) is 0 Å². The zero-order chi connectivity index (χ0) is 8.93. The van der Waals surface area contributed by atoms with Crippen LogP contribution in [-0.2, 0) is 0 Å². The standard InChI is InChI=1S/C12H19N/c1-2-4-8-12(9-5-3-1)13-10-6-7-11-13/h6-7,10-12H,1-5,8-9H2. The molecule has 1 heterocycles. The Labute approximate surface area is 80.8 Å². The molecule has 0 radical (unpaired) electrons. The van der Waals surface area contributed by atoms with E-state index in [9.17, 15) is 0 Å². The van der Waals surface area contributed by atoms with Gasteiger partial charge in [0, 0.05) is 18.4 Å². The zero-order valence-corrected chi connectivity index (χ0v) is 8.28. The van der Waals surface area contributed by atoms with E-state index in [4.69, 9.17) is 0 Å². The van der Waals surface area contributed by atoms with E-state index in [2.05, 4.69) is 29.1 Å². The topological polar surface area (TPSA) is 4.93 Å². The lowest BCUT2D eigenvalue weighted by Gasteiger charge is -2.21. The van der Waals surface area contributed by atoms with E-state index in [1.165, 1.54) is 44.9 Å². The summed E-state index contributed by atoms with van der Waals surface area (Å²) in [5, 5.41) is 0. The van der Waals surface area contributed by atoms with E-state index in [1.54, 1.807) is 0 Å². The highest BCUT2D eigenvalue weighted by atomic mass is 15.0. The van der Waals surface area contributed by atoms with Crippen LogP contribution in [0.15, 0.2) is 24.5 Å². The van der Waals surface area contributed by atoms with Gasteiger partial charge < -0.3 is 4.57 Å². The van der Waals surface area contributed by atoms with E-state index < -0.39 is 0 Å². The fraction of sp³-hybridized carbons (Fsp3) is 0.667. The molecule has 0 aliphatic heterocycles. The predicted octanol–water partition coefficient (Wildman–Crippen LogP) is 3.77. The summed E-state index contributed by atoms with van der Waals surface area (Å²) in [6, 6.07) is 5.06. The van der Waals surface area contributed by atoms with Crippen LogP contribution in [0.1, 0.15) is 51.0 Å². The molecule has 2 rings (SSSR count). The molecule has 0 amide bonds. The maximum Gasteiger partial charge on any atom is 0.0330 e. The molecule has 0 saturated heterocycles. The lowest BCUT2D eigenvalue weighted by atomic mass is 9.97. The summed E-state index contributed by atoms with van der Waals surface area (Å²) >= 11 is 0. The van der Waals surface area contributed by atoms with Gasteiger partial charge in [0.15, 0.2) is 0 Å². The smallest absolute Gasteiger partial charge is 0.0330 e. The maximum atomic E-state index is 2.39. The van der Waals surface area contributed by atoms with Crippen LogP contribution in [0.3, 0.4) is 0 Å². The third kappa shape index (κ3) is 2.36. The molecule has 0 N–H and O–H groups in total. The molecule has 0 bridgehead atoms. The Morgan fingerprint density at radius 3 is 1.92 bits per heavy atom. The SMILES string of the molecule is c1ccn(C2CCCCCCC2)c1. The van der Waals surface area contributed by atoms with Crippen LogP contribution in [0.4, 0.5) is 0 Å². The first kappa shape index (κ1) is 8.86. The Morgan fingerprint density at radius 1 is 0.769 bits per heavy atom. The number of rotatable bonds is 1. The van der Waals surface area contributed by atoms with E-state index >= 15 is 0 Å². The van der Waals surface area contributed by atoms with E-state index in [0.29, 0.717) is 0 Å². The van der Waals surface area contributed by atoms with Crippen LogP contribution in [-0.4, -0.2) is 4.57 Å². The second-order valence-electron chi connectivity index (χ2n) is 4.13. The first-order chi connectivity index (χ1) is 6.47. The molecule has 13 heavy (non-hydrogen) atoms. The van der Waals surface area contributed by atoms with Crippen LogP contribution >= 0.6 is 0 Å². The molecule has 1 aliphatic rings. The quantitative estimate of drug-likeness (QED) is 0.615. The Kier molecular flexibility index (Phi) is 3.07. The molecule has 1 fully saturated rings. The molecule has 1 aromatic rings. The largest absolute Gasteiger partial charge is 0.351 e. The minimum absolute atomic E-state index is 0.787. The summed E-state index contributed by atoms with van der Waals surface area (Å²) in [7, 11) is 0. The average Bonchev–Trinajstić information content (AvgIpc) is 2.55. The van der Waals surface area contributed by atoms with Gasteiger partial charge in [-0.15, -0.1) is 0 Å². The molecule has 0 aromatic carbocycles. The van der Waals surface area contributed by atoms with Gasteiger partial charge in [0.2, 0.25) is 0 Å². The second-order valence-corrected chi connectivity index (χ2v) is 4.13. The van der Waals surface area contributed by atoms with Gasteiger partial charge in [-0.3, -0.25) is 0 Å². The Morgan fingerprint density at radius 2 is 1.31 bits per heavy atom. The van der Waals surface area contributed by atoms with Gasteiger partial charge in [-0.25, -0.2) is 0 Å². The van der Waals surface area contributed by atoms with Crippen molar-refractivity contribution >= 4 is 0 Å². The highest BCUT2D eigenvalue weighted by molar-refractivity contribution is 4.93. The fourth-order valence-electron chi connectivity index (χ4n) is 2.32. The molecule has 1 aliphatic carbocycles. The Bertz CT molecular complexity index is 217. The fourth-order valence-corrected chi connectivity index (χ4v) is 2.32. The third-order valence-corrected chi connectivity index (χ3v) is 3.12. The lowest BCUT2D eigenvalue weighted by molar-refractivity contribution is 0.373. The number of aromatic nitrogens is 1. The molecular weight excluding hydrogens is 158 g/mol. The van der Waals surface area contributed by atoms with Gasteiger partial charge in [-0.05, 0) is 25.0 Å². The zero-order valence-electron chi connectivity index (χ0n) is 8.28. The first-order valence-electron chi connectivity index (χ1n) is 5.59. The molecular formula is C12H19N. The van der Waals surface area contributed by atoms with Gasteiger partial charge in [0.05, 0.1) is 0 Å². The van der Waals surface area contributed by atoms with Crippen molar-refractivity contribution in [2.75, 3.05) is 0 Å². The number of nitrogens with zero attached hydrogens (tertiary/aromatic N) is 1. The number of hydrogen-bond donors (Lipinski definition) is 0. The highest BCUT2D eigenvalue weighted by Gasteiger charge is 2.11. The van der Waals surface area contributed by atoms with Crippen molar-refractivity contribution in [2.24, 2.45) is 0 Å². The molecule has 0 spiro atoms. The van der Waals surface area contributed by atoms with Crippen LogP contribution in [0, 0.1) is 0 Å². The van der Waals surface area contributed by atoms with Crippen molar-refractivity contribution in [3.8, 4) is 0 Å². The maximum absolute atomic E-state index is 2.39. The van der Waals surface area contributed by atoms with Crippen LogP contribution in [0.5, 0.6) is 0 Å². The molecule has 1 heteroatoms. The normalized spacial score (nSPS) is 20.9. The van der Waals surface area contributed by atoms with Gasteiger partial charge in [0.25, 0.3) is 0 Å². The summed E-state index contributed by atoms with van der Waals surface area (Å²) in [4.78, 5) is 0. The minimum Gasteiger partial charge on any atom is -0.351 e. The summed E-state index contributed by atoms with van der Waals surface area (Å²) in [5.74, 6) is 0. The third-order valence-electron chi connectivity index (χ3n) is 3.12. The molecule has 1 saturated carbocycles. The van der Waals surface area contributed by atoms with Gasteiger partial charge in [-0.2, -0.15) is 0 Å². The van der Waals surface area contributed by atoms with Crippen molar-refractivity contribution in [3.63, 3.8) is 0 Å². The average molecular weight is 177 g/mol. The van der Waals surface area contributed by atoms with Gasteiger partial charge in [-0.1, -0.05) is 32.1 Å². The van der Waals surface area contributed by atoms with Gasteiger partial charge >= 0.3 is 0 Å². The molecule has 0 atom stereocenters. The molecule has 0 unspecified atom stereocenters. The van der Waals surface area contributed by atoms with Crippen molar-refractivity contribution < 1.29 is 0 Å². The van der Waals surface area contributed by atoms with Crippen molar-refractivity contribution in [3.05, 3.63) is 24.5 Å². The van der Waals surface area contributed by atoms with Crippen molar-refractivity contribution in [1.82, 2.24) is 4.57 Å². The summed E-state index contributed by atoms with van der Waals surface area (Å²) in [6.45, 7) is 0. The van der Waals surface area contributed by atoms with Crippen LogP contribution < -0.4 is 0 Å². The van der Waals surface area contributed by atoms with Crippen LogP contribution in [0.2, 0.25) is 0 Å².